The first-order chi connectivity index (χ1) is 11.1. The molecular formula is C17H22N4O2. The highest BCUT2D eigenvalue weighted by Crippen LogP contribution is 2.47. The second-order valence-corrected chi connectivity index (χ2v) is 6.86. The Bertz CT molecular complexity index is 645. The van der Waals surface area contributed by atoms with E-state index in [0.717, 1.165) is 30.6 Å². The molecule has 1 aliphatic heterocycles. The van der Waals surface area contributed by atoms with Crippen molar-refractivity contribution in [1.82, 2.24) is 5.32 Å². The van der Waals surface area contributed by atoms with Gasteiger partial charge in [0.25, 0.3) is 0 Å². The van der Waals surface area contributed by atoms with E-state index in [1.54, 1.807) is 4.90 Å². The Morgan fingerprint density at radius 2 is 2.13 bits per heavy atom. The largest absolute Gasteiger partial charge is 0.336 e. The number of anilines is 2. The number of fused-ring (bicyclic) bond motifs is 2. The molecule has 3 fully saturated rings. The first kappa shape index (κ1) is 14.5. The van der Waals surface area contributed by atoms with Crippen molar-refractivity contribution in [2.75, 3.05) is 23.3 Å². The molecule has 4 unspecified atom stereocenters. The van der Waals surface area contributed by atoms with E-state index in [0.29, 0.717) is 24.9 Å². The maximum atomic E-state index is 12.6. The molecule has 4 atom stereocenters. The summed E-state index contributed by atoms with van der Waals surface area (Å²) in [5, 5.41) is 5.78. The van der Waals surface area contributed by atoms with Gasteiger partial charge in [-0.2, -0.15) is 0 Å². The quantitative estimate of drug-likeness (QED) is 0.790. The van der Waals surface area contributed by atoms with Crippen LogP contribution in [-0.2, 0) is 4.79 Å². The van der Waals surface area contributed by atoms with Crippen molar-refractivity contribution in [1.29, 1.82) is 0 Å². The van der Waals surface area contributed by atoms with Gasteiger partial charge in [-0.1, -0.05) is 6.07 Å². The van der Waals surface area contributed by atoms with Gasteiger partial charge in [-0.25, -0.2) is 4.79 Å². The Morgan fingerprint density at radius 3 is 2.83 bits per heavy atom. The van der Waals surface area contributed by atoms with Crippen molar-refractivity contribution in [2.24, 2.45) is 23.5 Å². The third-order valence-corrected chi connectivity index (χ3v) is 5.57. The number of urea groups is 1. The number of hydrogen-bond acceptors (Lipinski definition) is 3. The average Bonchev–Trinajstić information content (AvgIpc) is 3.23. The lowest BCUT2D eigenvalue weighted by atomic mass is 9.84. The molecule has 3 amide bonds. The van der Waals surface area contributed by atoms with Gasteiger partial charge in [0.1, 0.15) is 0 Å². The van der Waals surface area contributed by atoms with Crippen LogP contribution >= 0.6 is 0 Å². The number of nitrogens with zero attached hydrogens (tertiary/aromatic N) is 1. The van der Waals surface area contributed by atoms with Crippen LogP contribution in [0.3, 0.4) is 0 Å². The van der Waals surface area contributed by atoms with Crippen molar-refractivity contribution in [2.45, 2.75) is 25.3 Å². The molecule has 0 aromatic heterocycles. The van der Waals surface area contributed by atoms with E-state index in [1.165, 1.54) is 0 Å². The SMILES string of the molecule is NC1C2CCC(C2)C1C(=O)Nc1cccc(N2CCNC2=O)c1. The molecule has 1 heterocycles. The minimum Gasteiger partial charge on any atom is -0.336 e. The smallest absolute Gasteiger partial charge is 0.321 e. The number of nitrogens with two attached hydrogens (primary N) is 1. The van der Waals surface area contributed by atoms with E-state index in [9.17, 15) is 9.59 Å². The average molecular weight is 314 g/mol. The second-order valence-electron chi connectivity index (χ2n) is 6.86. The minimum absolute atomic E-state index is 0.0127. The van der Waals surface area contributed by atoms with Crippen LogP contribution in [0, 0.1) is 17.8 Å². The Morgan fingerprint density at radius 1 is 1.30 bits per heavy atom. The van der Waals surface area contributed by atoms with Gasteiger partial charge in [0.2, 0.25) is 5.91 Å². The number of hydrogen-bond donors (Lipinski definition) is 3. The van der Waals surface area contributed by atoms with Crippen LogP contribution in [0.25, 0.3) is 0 Å². The third kappa shape index (κ3) is 2.47. The van der Waals surface area contributed by atoms with Gasteiger partial charge < -0.3 is 16.4 Å². The molecule has 2 bridgehead atoms. The second kappa shape index (κ2) is 5.53. The van der Waals surface area contributed by atoms with E-state index in [2.05, 4.69) is 10.6 Å². The van der Waals surface area contributed by atoms with Crippen molar-refractivity contribution in [3.05, 3.63) is 24.3 Å². The lowest BCUT2D eigenvalue weighted by Gasteiger charge is -2.27. The van der Waals surface area contributed by atoms with Crippen LogP contribution in [0.1, 0.15) is 19.3 Å². The summed E-state index contributed by atoms with van der Waals surface area (Å²) in [5.74, 6) is 0.887. The van der Waals surface area contributed by atoms with Crippen LogP contribution in [0.4, 0.5) is 16.2 Å². The molecule has 1 saturated heterocycles. The Hall–Kier alpha value is -2.08. The number of amides is 3. The van der Waals surface area contributed by atoms with Gasteiger partial charge in [0.15, 0.2) is 0 Å². The summed E-state index contributed by atoms with van der Waals surface area (Å²) < 4.78 is 0. The maximum absolute atomic E-state index is 12.6. The number of benzene rings is 1. The fourth-order valence-electron chi connectivity index (χ4n) is 4.42. The van der Waals surface area contributed by atoms with Crippen LogP contribution in [0.2, 0.25) is 0 Å². The monoisotopic (exact) mass is 314 g/mol. The van der Waals surface area contributed by atoms with Crippen LogP contribution in [-0.4, -0.2) is 31.1 Å². The molecule has 0 spiro atoms. The summed E-state index contributed by atoms with van der Waals surface area (Å²) in [6, 6.07) is 7.33. The molecule has 2 saturated carbocycles. The third-order valence-electron chi connectivity index (χ3n) is 5.57. The molecule has 4 N–H and O–H groups in total. The van der Waals surface area contributed by atoms with Gasteiger partial charge in [0.05, 0.1) is 5.92 Å². The molecule has 6 heteroatoms. The highest BCUT2D eigenvalue weighted by molar-refractivity contribution is 5.97. The van der Waals surface area contributed by atoms with E-state index >= 15 is 0 Å². The number of carbonyl (C=O) groups excluding carboxylic acids is 2. The van der Waals surface area contributed by atoms with Crippen molar-refractivity contribution in [3.8, 4) is 0 Å². The van der Waals surface area contributed by atoms with E-state index in [1.807, 2.05) is 24.3 Å². The highest BCUT2D eigenvalue weighted by atomic mass is 16.2. The summed E-state index contributed by atoms with van der Waals surface area (Å²) in [7, 11) is 0. The van der Waals surface area contributed by atoms with Crippen LogP contribution in [0.5, 0.6) is 0 Å². The van der Waals surface area contributed by atoms with E-state index in [-0.39, 0.29) is 23.9 Å². The lowest BCUT2D eigenvalue weighted by Crippen LogP contribution is -2.42. The fourth-order valence-corrected chi connectivity index (χ4v) is 4.42. The number of nitrogens with one attached hydrogen (secondary N) is 2. The van der Waals surface area contributed by atoms with Crippen molar-refractivity contribution >= 4 is 23.3 Å². The van der Waals surface area contributed by atoms with Gasteiger partial charge in [0, 0.05) is 30.5 Å². The zero-order chi connectivity index (χ0) is 16.0. The van der Waals surface area contributed by atoms with Gasteiger partial charge in [-0.05, 0) is 49.3 Å². The Kier molecular flexibility index (Phi) is 3.49. The minimum atomic E-state index is -0.0939. The molecule has 6 nitrogen and oxygen atoms in total. The maximum Gasteiger partial charge on any atom is 0.321 e. The van der Waals surface area contributed by atoms with Gasteiger partial charge >= 0.3 is 6.03 Å². The van der Waals surface area contributed by atoms with E-state index in [4.69, 9.17) is 5.73 Å². The van der Waals surface area contributed by atoms with Crippen molar-refractivity contribution in [3.63, 3.8) is 0 Å². The van der Waals surface area contributed by atoms with Gasteiger partial charge in [-0.3, -0.25) is 9.69 Å². The molecule has 1 aromatic rings. The first-order valence-electron chi connectivity index (χ1n) is 8.35. The normalized spacial score (nSPS) is 32.2. The molecule has 0 radical (unpaired) electrons. The lowest BCUT2D eigenvalue weighted by molar-refractivity contribution is -0.121. The molecule has 23 heavy (non-hydrogen) atoms. The summed E-state index contributed by atoms with van der Waals surface area (Å²) in [4.78, 5) is 26.1. The summed E-state index contributed by atoms with van der Waals surface area (Å²) >= 11 is 0. The zero-order valence-corrected chi connectivity index (χ0v) is 13.0. The Balaban J connectivity index is 1.48. The molecular weight excluding hydrogens is 292 g/mol. The summed E-state index contributed by atoms with van der Waals surface area (Å²) in [5.41, 5.74) is 7.77. The van der Waals surface area contributed by atoms with E-state index < -0.39 is 0 Å². The standard InChI is InChI=1S/C17H22N4O2/c18-15-11-5-4-10(8-11)14(15)16(22)20-12-2-1-3-13(9-12)21-7-6-19-17(21)23/h1-3,9-11,14-15H,4-8,18H2,(H,19,23)(H,20,22). The number of carbonyl (C=O) groups is 2. The van der Waals surface area contributed by atoms with Crippen LogP contribution in [0.15, 0.2) is 24.3 Å². The predicted octanol–water partition coefficient (Wildman–Crippen LogP) is 1.53. The molecule has 2 aliphatic carbocycles. The summed E-state index contributed by atoms with van der Waals surface area (Å²) in [6.07, 6.45) is 3.37. The van der Waals surface area contributed by atoms with Crippen LogP contribution < -0.4 is 21.3 Å². The zero-order valence-electron chi connectivity index (χ0n) is 13.0. The Labute approximate surface area is 135 Å². The first-order valence-corrected chi connectivity index (χ1v) is 8.35. The predicted molar refractivity (Wildman–Crippen MR) is 88.1 cm³/mol. The summed E-state index contributed by atoms with van der Waals surface area (Å²) in [6.45, 7) is 1.29. The molecule has 4 rings (SSSR count). The van der Waals surface area contributed by atoms with Crippen molar-refractivity contribution < 1.29 is 9.59 Å². The molecule has 1 aromatic carbocycles. The topological polar surface area (TPSA) is 87.5 Å². The van der Waals surface area contributed by atoms with Gasteiger partial charge in [-0.15, -0.1) is 0 Å². The fraction of sp³-hybridized carbons (Fsp3) is 0.529. The molecule has 3 aliphatic rings. The molecule has 122 valence electrons. The highest BCUT2D eigenvalue weighted by Gasteiger charge is 2.49. The number of rotatable bonds is 3.